The summed E-state index contributed by atoms with van der Waals surface area (Å²) in [6.45, 7) is 1.39. The molecule has 0 fully saturated rings. The lowest BCUT2D eigenvalue weighted by molar-refractivity contribution is -0.114. The Hall–Kier alpha value is -4.40. The van der Waals surface area contributed by atoms with Gasteiger partial charge in [0, 0.05) is 54.8 Å². The molecule has 5 aromatic rings. The first-order valence-corrected chi connectivity index (χ1v) is 10.1. The van der Waals surface area contributed by atoms with E-state index in [0.717, 1.165) is 17.2 Å². The number of halogens is 2. The van der Waals surface area contributed by atoms with Crippen LogP contribution in [0.1, 0.15) is 6.92 Å². The summed E-state index contributed by atoms with van der Waals surface area (Å²) in [5, 5.41) is 6.92. The molecule has 0 bridgehead atoms. The number of nitrogens with one attached hydrogen (secondary N) is 1. The third kappa shape index (κ3) is 3.96. The van der Waals surface area contributed by atoms with Crippen LogP contribution >= 0.6 is 0 Å². The van der Waals surface area contributed by atoms with Gasteiger partial charge in [0.1, 0.15) is 23.5 Å². The zero-order chi connectivity index (χ0) is 23.1. The Balaban J connectivity index is 1.64. The second-order valence-electron chi connectivity index (χ2n) is 7.66. The number of hydrogen-bond acceptors (Lipinski definition) is 4. The molecule has 0 unspecified atom stereocenters. The molecule has 0 saturated carbocycles. The van der Waals surface area contributed by atoms with Gasteiger partial charge in [-0.2, -0.15) is 5.10 Å². The molecule has 0 spiro atoms. The average Bonchev–Trinajstić information content (AvgIpc) is 3.38. The Bertz CT molecular complexity index is 1520. The number of benzene rings is 2. The van der Waals surface area contributed by atoms with Crippen molar-refractivity contribution >= 4 is 22.8 Å². The molecule has 0 aliphatic heterocycles. The van der Waals surface area contributed by atoms with Gasteiger partial charge >= 0.3 is 0 Å². The van der Waals surface area contributed by atoms with Gasteiger partial charge in [0.15, 0.2) is 5.65 Å². The van der Waals surface area contributed by atoms with E-state index in [2.05, 4.69) is 20.4 Å². The highest BCUT2D eigenvalue weighted by molar-refractivity contribution is 5.90. The topological polar surface area (TPSA) is 77.6 Å². The second kappa shape index (κ2) is 7.94. The van der Waals surface area contributed by atoms with Gasteiger partial charge in [0.05, 0.1) is 11.9 Å². The lowest BCUT2D eigenvalue weighted by Gasteiger charge is -2.12. The molecule has 7 nitrogen and oxygen atoms in total. The van der Waals surface area contributed by atoms with E-state index in [1.807, 2.05) is 19.3 Å². The molecule has 9 heteroatoms. The molecule has 3 heterocycles. The second-order valence-corrected chi connectivity index (χ2v) is 7.66. The summed E-state index contributed by atoms with van der Waals surface area (Å²) in [4.78, 5) is 20.7. The summed E-state index contributed by atoms with van der Waals surface area (Å²) >= 11 is 0. The zero-order valence-corrected chi connectivity index (χ0v) is 17.8. The summed E-state index contributed by atoms with van der Waals surface area (Å²) in [7, 11) is 1.84. The van der Waals surface area contributed by atoms with Crippen molar-refractivity contribution in [1.29, 1.82) is 0 Å². The summed E-state index contributed by atoms with van der Waals surface area (Å²) < 4.78 is 31.4. The zero-order valence-electron chi connectivity index (χ0n) is 17.8. The maximum atomic E-state index is 14.5. The van der Waals surface area contributed by atoms with Gasteiger partial charge in [0.2, 0.25) is 5.91 Å². The Labute approximate surface area is 187 Å². The van der Waals surface area contributed by atoms with Gasteiger partial charge in [-0.25, -0.2) is 18.7 Å². The van der Waals surface area contributed by atoms with Crippen molar-refractivity contribution in [1.82, 2.24) is 24.3 Å². The monoisotopic (exact) mass is 444 g/mol. The number of aryl methyl sites for hydroxylation is 1. The number of carbonyl (C=O) groups excluding carboxylic acids is 1. The van der Waals surface area contributed by atoms with Crippen LogP contribution in [0.3, 0.4) is 0 Å². The van der Waals surface area contributed by atoms with Gasteiger partial charge in [-0.05, 0) is 42.0 Å². The molecule has 0 aliphatic rings. The Morgan fingerprint density at radius 3 is 2.55 bits per heavy atom. The summed E-state index contributed by atoms with van der Waals surface area (Å²) in [6, 6.07) is 10.4. The van der Waals surface area contributed by atoms with Crippen LogP contribution in [0, 0.1) is 11.6 Å². The summed E-state index contributed by atoms with van der Waals surface area (Å²) in [6.07, 6.45) is 6.98. The van der Waals surface area contributed by atoms with Crippen molar-refractivity contribution in [3.63, 3.8) is 0 Å². The number of pyridine rings is 1. The number of hydrogen-bond donors (Lipinski definition) is 1. The molecule has 0 atom stereocenters. The van der Waals surface area contributed by atoms with Crippen molar-refractivity contribution in [2.45, 2.75) is 6.92 Å². The van der Waals surface area contributed by atoms with Crippen LogP contribution in [-0.4, -0.2) is 30.2 Å². The van der Waals surface area contributed by atoms with Gasteiger partial charge in [-0.1, -0.05) is 0 Å². The van der Waals surface area contributed by atoms with Crippen LogP contribution in [-0.2, 0) is 11.8 Å². The largest absolute Gasteiger partial charge is 0.326 e. The Morgan fingerprint density at radius 2 is 1.82 bits per heavy atom. The van der Waals surface area contributed by atoms with E-state index in [9.17, 15) is 13.6 Å². The fraction of sp³-hybridized carbons (Fsp3) is 0.0833. The van der Waals surface area contributed by atoms with E-state index in [1.165, 1.54) is 19.1 Å². The smallest absolute Gasteiger partial charge is 0.221 e. The molecular weight excluding hydrogens is 426 g/mol. The van der Waals surface area contributed by atoms with Crippen molar-refractivity contribution < 1.29 is 13.6 Å². The van der Waals surface area contributed by atoms with Crippen LogP contribution in [0.15, 0.2) is 67.4 Å². The highest BCUT2D eigenvalue weighted by atomic mass is 19.1. The number of nitrogens with zero attached hydrogens (tertiary/aromatic N) is 5. The summed E-state index contributed by atoms with van der Waals surface area (Å²) in [5.74, 6) is -1.63. The molecule has 0 saturated heterocycles. The van der Waals surface area contributed by atoms with E-state index in [1.54, 1.807) is 46.2 Å². The predicted octanol–water partition coefficient (Wildman–Crippen LogP) is 4.72. The minimum atomic E-state index is -0.698. The van der Waals surface area contributed by atoms with Gasteiger partial charge < -0.3 is 5.32 Å². The van der Waals surface area contributed by atoms with Gasteiger partial charge in [-0.15, -0.1) is 0 Å². The number of anilines is 1. The van der Waals surface area contributed by atoms with Crippen LogP contribution in [0.4, 0.5) is 14.5 Å². The fourth-order valence-electron chi connectivity index (χ4n) is 3.72. The molecule has 164 valence electrons. The minimum absolute atomic E-state index is 0.209. The summed E-state index contributed by atoms with van der Waals surface area (Å²) in [5.41, 5.74) is 4.81. The van der Waals surface area contributed by atoms with Gasteiger partial charge in [0.25, 0.3) is 0 Å². The van der Waals surface area contributed by atoms with E-state index >= 15 is 0 Å². The highest BCUT2D eigenvalue weighted by Gasteiger charge is 2.14. The number of aromatic nitrogens is 5. The molecular formula is C24H18F2N6O. The van der Waals surface area contributed by atoms with E-state index < -0.39 is 11.6 Å². The maximum Gasteiger partial charge on any atom is 0.221 e. The van der Waals surface area contributed by atoms with Crippen molar-refractivity contribution in [2.75, 3.05) is 5.32 Å². The standard InChI is InChI=1S/C24H18F2N6O/c1-14(33)30-19-5-15(21-4-3-18(25)8-22(21)26)6-20(9-19)32-13-28-23-7-16(10-27-24(23)32)17-11-29-31(2)12-17/h3-13H,1-2H3,(H,30,33). The third-order valence-electron chi connectivity index (χ3n) is 5.18. The molecule has 1 N–H and O–H groups in total. The number of imidazole rings is 1. The molecule has 0 aliphatic carbocycles. The van der Waals surface area contributed by atoms with Crippen LogP contribution in [0.5, 0.6) is 0 Å². The van der Waals surface area contributed by atoms with Crippen LogP contribution < -0.4 is 5.32 Å². The van der Waals surface area contributed by atoms with Crippen molar-refractivity contribution in [3.05, 3.63) is 79.0 Å². The lowest BCUT2D eigenvalue weighted by Crippen LogP contribution is -2.07. The molecule has 5 rings (SSSR count). The minimum Gasteiger partial charge on any atom is -0.326 e. The Kier molecular flexibility index (Phi) is 4.93. The average molecular weight is 444 g/mol. The third-order valence-corrected chi connectivity index (χ3v) is 5.18. The normalized spacial score (nSPS) is 11.2. The lowest BCUT2D eigenvalue weighted by atomic mass is 10.0. The van der Waals surface area contributed by atoms with Crippen LogP contribution in [0.2, 0.25) is 0 Å². The van der Waals surface area contributed by atoms with E-state index in [0.29, 0.717) is 28.1 Å². The number of carbonyl (C=O) groups is 1. The van der Waals surface area contributed by atoms with E-state index in [4.69, 9.17) is 0 Å². The molecule has 2 aromatic carbocycles. The number of amides is 1. The maximum absolute atomic E-state index is 14.5. The first kappa shape index (κ1) is 20.5. The number of rotatable bonds is 4. The fourth-order valence-corrected chi connectivity index (χ4v) is 3.72. The van der Waals surface area contributed by atoms with E-state index in [-0.39, 0.29) is 11.5 Å². The van der Waals surface area contributed by atoms with Crippen molar-refractivity contribution in [3.8, 4) is 27.9 Å². The molecule has 3 aromatic heterocycles. The Morgan fingerprint density at radius 1 is 0.970 bits per heavy atom. The SMILES string of the molecule is CC(=O)Nc1cc(-c2ccc(F)cc2F)cc(-n2cnc3cc(-c4cnn(C)c4)cnc32)c1. The highest BCUT2D eigenvalue weighted by Crippen LogP contribution is 2.31. The van der Waals surface area contributed by atoms with Crippen LogP contribution in [0.25, 0.3) is 39.1 Å². The first-order chi connectivity index (χ1) is 15.9. The number of fused-ring (bicyclic) bond motifs is 1. The van der Waals surface area contributed by atoms with Crippen molar-refractivity contribution in [2.24, 2.45) is 7.05 Å². The molecule has 33 heavy (non-hydrogen) atoms. The molecule has 0 radical (unpaired) electrons. The predicted molar refractivity (Wildman–Crippen MR) is 121 cm³/mol. The first-order valence-electron chi connectivity index (χ1n) is 10.1. The molecule has 1 amide bonds. The van der Waals surface area contributed by atoms with Gasteiger partial charge in [-0.3, -0.25) is 14.0 Å². The quantitative estimate of drug-likeness (QED) is 0.435.